The minimum absolute atomic E-state index is 0.00352. The fourth-order valence-corrected chi connectivity index (χ4v) is 7.94. The molecular formula is C44H82N4O19P2. The van der Waals surface area contributed by atoms with Gasteiger partial charge in [-0.05, 0) is 46.0 Å². The molecule has 0 aromatic carbocycles. The van der Waals surface area contributed by atoms with Crippen LogP contribution in [0.15, 0.2) is 0 Å². The zero-order valence-electron chi connectivity index (χ0n) is 41.6. The molecule has 0 aliphatic carbocycles. The summed E-state index contributed by atoms with van der Waals surface area (Å²) >= 11 is 0. The fourth-order valence-electron chi connectivity index (χ4n) is 6.45. The molecule has 0 rings (SSSR count). The number of hydrogen-bond donors (Lipinski definition) is 6. The molecule has 0 aromatic heterocycles. The van der Waals surface area contributed by atoms with Gasteiger partial charge in [-0.15, -0.1) is 0 Å². The lowest BCUT2D eigenvalue weighted by atomic mass is 10.1. The Balaban J connectivity index is 4.81. The number of ether oxygens (including phenoxy) is 4. The van der Waals surface area contributed by atoms with Crippen LogP contribution in [0.5, 0.6) is 0 Å². The second-order valence-electron chi connectivity index (χ2n) is 16.6. The third kappa shape index (κ3) is 42.1. The molecule has 0 saturated carbocycles. The molecule has 25 heteroatoms. The number of urea groups is 1. The molecule has 0 radical (unpaired) electrons. The van der Waals surface area contributed by atoms with E-state index in [1.54, 1.807) is 0 Å². The van der Waals surface area contributed by atoms with Gasteiger partial charge in [-0.2, -0.15) is 0 Å². The molecule has 6 N–H and O–H groups in total. The van der Waals surface area contributed by atoms with Crippen LogP contribution in [-0.4, -0.2) is 141 Å². The van der Waals surface area contributed by atoms with Gasteiger partial charge in [0.1, 0.15) is 23.8 Å². The number of amides is 4. The van der Waals surface area contributed by atoms with Crippen molar-refractivity contribution < 1.29 is 89.5 Å². The van der Waals surface area contributed by atoms with Gasteiger partial charge in [-0.3, -0.25) is 46.9 Å². The molecule has 23 nitrogen and oxygen atoms in total. The summed E-state index contributed by atoms with van der Waals surface area (Å²) in [5.74, 6) is -2.80. The number of nitrogens with one attached hydrogen (secondary N) is 4. The third-order valence-electron chi connectivity index (χ3n) is 9.72. The van der Waals surface area contributed by atoms with Gasteiger partial charge in [-0.25, -0.2) is 13.9 Å². The first-order valence-corrected chi connectivity index (χ1v) is 27.0. The van der Waals surface area contributed by atoms with Gasteiger partial charge in [-0.1, -0.05) is 65.2 Å². The van der Waals surface area contributed by atoms with E-state index < -0.39 is 89.5 Å². The number of carbonyl (C=O) groups is 7. The number of rotatable bonds is 45. The lowest BCUT2D eigenvalue weighted by Gasteiger charge is -2.21. The molecule has 0 saturated heterocycles. The van der Waals surface area contributed by atoms with Crippen LogP contribution in [0.1, 0.15) is 151 Å². The Hall–Kier alpha value is -3.37. The SMILES string of the molecule is CCCCCCC[C@H](CCOC[C@H](COP(=O)(O)OCCNC(=O)NCCOP(=O)(O)OCC[C@@H](COCC[C@@H](CCCCCCC)OC(C)=O)NC(=O)CC(C)=O)NC(=O)CC(C)=O)OC(C)=O. The number of Topliss-reactive ketones (excluding diaryl/α,β-unsaturated/α-hetero) is 2. The Morgan fingerprint density at radius 2 is 0.884 bits per heavy atom. The maximum atomic E-state index is 12.6. The van der Waals surface area contributed by atoms with Crippen LogP contribution in [0.3, 0.4) is 0 Å². The van der Waals surface area contributed by atoms with Crippen LogP contribution < -0.4 is 21.3 Å². The monoisotopic (exact) mass is 1030 g/mol. The summed E-state index contributed by atoms with van der Waals surface area (Å²) in [7, 11) is -9.34. The molecule has 402 valence electrons. The van der Waals surface area contributed by atoms with E-state index in [0.29, 0.717) is 25.7 Å². The number of phosphoric ester groups is 2. The van der Waals surface area contributed by atoms with Crippen LogP contribution in [-0.2, 0) is 74.9 Å². The van der Waals surface area contributed by atoms with Gasteiger partial charge in [0, 0.05) is 39.8 Å². The van der Waals surface area contributed by atoms with Crippen LogP contribution >= 0.6 is 15.6 Å². The number of unbranched alkanes of at least 4 members (excludes halogenated alkanes) is 8. The molecule has 0 aliphatic rings. The van der Waals surface area contributed by atoms with E-state index in [-0.39, 0.29) is 77.0 Å². The largest absolute Gasteiger partial charge is 0.472 e. The molecule has 2 unspecified atom stereocenters. The molecule has 0 spiro atoms. The Kier molecular flexibility index (Phi) is 38.3. The van der Waals surface area contributed by atoms with E-state index in [2.05, 4.69) is 35.1 Å². The minimum atomic E-state index is -4.72. The Labute approximate surface area is 407 Å². The Bertz CT molecular complexity index is 1590. The van der Waals surface area contributed by atoms with E-state index in [1.165, 1.54) is 27.7 Å². The van der Waals surface area contributed by atoms with Gasteiger partial charge < -0.3 is 50.0 Å². The highest BCUT2D eigenvalue weighted by Crippen LogP contribution is 2.43. The van der Waals surface area contributed by atoms with Gasteiger partial charge >= 0.3 is 33.6 Å². The van der Waals surface area contributed by atoms with Crippen molar-refractivity contribution in [2.45, 2.75) is 175 Å². The zero-order chi connectivity index (χ0) is 51.9. The smallest absolute Gasteiger partial charge is 0.462 e. The zero-order valence-corrected chi connectivity index (χ0v) is 43.4. The first kappa shape index (κ1) is 65.6. The molecule has 0 heterocycles. The van der Waals surface area contributed by atoms with Crippen molar-refractivity contribution in [2.24, 2.45) is 0 Å². The van der Waals surface area contributed by atoms with Gasteiger partial charge in [0.25, 0.3) is 0 Å². The number of esters is 2. The van der Waals surface area contributed by atoms with E-state index in [4.69, 9.17) is 37.0 Å². The maximum Gasteiger partial charge on any atom is 0.472 e. The van der Waals surface area contributed by atoms with E-state index in [0.717, 1.165) is 64.2 Å². The normalized spacial score (nSPS) is 14.8. The maximum absolute atomic E-state index is 12.6. The molecule has 69 heavy (non-hydrogen) atoms. The third-order valence-corrected chi connectivity index (χ3v) is 11.7. The molecule has 0 bridgehead atoms. The summed E-state index contributed by atoms with van der Waals surface area (Å²) in [6, 6.07) is -2.45. The van der Waals surface area contributed by atoms with Crippen molar-refractivity contribution in [3.63, 3.8) is 0 Å². The molecule has 0 aromatic rings. The standard InChI is InChI=1S/C44H82N4O19P2/c1-7-9-11-13-15-17-40(66-36(5)51)20-24-60-31-38(47-42(53)29-34(3)49)19-26-62-68(56,57)63-27-22-45-44(55)46-23-28-64-69(58,59)65-33-39(48-43(54)30-35(4)50)32-61-25-21-41(67-37(6)52)18-16-14-12-10-8-2/h38-41H,7-33H2,1-6H3,(H,47,53)(H,48,54)(H,56,57)(H,58,59)(H2,45,46,55)/t38-,39+,40+,41+/m0/s1. The molecular weight excluding hydrogens is 950 g/mol. The highest BCUT2D eigenvalue weighted by molar-refractivity contribution is 7.47. The highest BCUT2D eigenvalue weighted by atomic mass is 31.2. The van der Waals surface area contributed by atoms with E-state index in [9.17, 15) is 52.5 Å². The first-order valence-electron chi connectivity index (χ1n) is 24.0. The minimum Gasteiger partial charge on any atom is -0.462 e. The van der Waals surface area contributed by atoms with Crippen molar-refractivity contribution >= 4 is 57.0 Å². The van der Waals surface area contributed by atoms with Crippen molar-refractivity contribution in [2.75, 3.05) is 65.9 Å². The van der Waals surface area contributed by atoms with Gasteiger partial charge in [0.05, 0.1) is 77.8 Å². The highest BCUT2D eigenvalue weighted by Gasteiger charge is 2.26. The van der Waals surface area contributed by atoms with Crippen molar-refractivity contribution in [3.05, 3.63) is 0 Å². The summed E-state index contributed by atoms with van der Waals surface area (Å²) in [6.07, 6.45) is 11.1. The van der Waals surface area contributed by atoms with Gasteiger partial charge in [0.15, 0.2) is 0 Å². The number of carbonyl (C=O) groups excluding carboxylic acids is 7. The number of phosphoric acid groups is 2. The number of hydrogen-bond acceptors (Lipinski definition) is 17. The average molecular weight is 1030 g/mol. The molecule has 4 amide bonds. The average Bonchev–Trinajstić information content (AvgIpc) is 3.24. The van der Waals surface area contributed by atoms with Gasteiger partial charge in [0.2, 0.25) is 11.8 Å². The van der Waals surface area contributed by atoms with Crippen LogP contribution in [0, 0.1) is 0 Å². The van der Waals surface area contributed by atoms with Crippen LogP contribution in [0.2, 0.25) is 0 Å². The summed E-state index contributed by atoms with van der Waals surface area (Å²) in [5, 5.41) is 9.88. The van der Waals surface area contributed by atoms with Crippen LogP contribution in [0.25, 0.3) is 0 Å². The lowest BCUT2D eigenvalue weighted by molar-refractivity contribution is -0.148. The topological polar surface area (TPSA) is 316 Å². The Morgan fingerprint density at radius 1 is 0.478 bits per heavy atom. The van der Waals surface area contributed by atoms with E-state index >= 15 is 0 Å². The lowest BCUT2D eigenvalue weighted by Crippen LogP contribution is -2.42. The van der Waals surface area contributed by atoms with Crippen molar-refractivity contribution in [1.82, 2.24) is 21.3 Å². The molecule has 0 fully saturated rings. The Morgan fingerprint density at radius 3 is 1.32 bits per heavy atom. The summed E-state index contributed by atoms with van der Waals surface area (Å²) in [5.41, 5.74) is 0. The molecule has 6 atom stereocenters. The number of ketones is 2. The summed E-state index contributed by atoms with van der Waals surface area (Å²) in [4.78, 5) is 103. The first-order chi connectivity index (χ1) is 32.7. The van der Waals surface area contributed by atoms with Crippen LogP contribution in [0.4, 0.5) is 4.79 Å². The predicted molar refractivity (Wildman–Crippen MR) is 253 cm³/mol. The summed E-state index contributed by atoms with van der Waals surface area (Å²) in [6.45, 7) is 7.17. The quantitative estimate of drug-likeness (QED) is 0.0196. The van der Waals surface area contributed by atoms with Crippen molar-refractivity contribution in [3.8, 4) is 0 Å². The molecule has 0 aliphatic heterocycles. The second-order valence-corrected chi connectivity index (χ2v) is 19.5. The summed E-state index contributed by atoms with van der Waals surface area (Å²) < 4.78 is 67.2. The second kappa shape index (κ2) is 40.2. The fraction of sp³-hybridized carbons (Fsp3) is 0.841. The van der Waals surface area contributed by atoms with Crippen molar-refractivity contribution in [1.29, 1.82) is 0 Å². The predicted octanol–water partition coefficient (Wildman–Crippen LogP) is 5.27. The van der Waals surface area contributed by atoms with E-state index in [1.807, 2.05) is 0 Å².